The molecule has 1 N–H and O–H groups in total. The molecule has 1 aliphatic rings. The molecule has 0 aromatic heterocycles. The maximum atomic E-state index is 12.6. The summed E-state index contributed by atoms with van der Waals surface area (Å²) >= 11 is 0. The number of ether oxygens (including phenoxy) is 1. The largest absolute Gasteiger partial charge is 0.377 e. The van der Waals surface area contributed by atoms with Crippen LogP contribution in [-0.4, -0.2) is 12.2 Å². The van der Waals surface area contributed by atoms with Crippen molar-refractivity contribution in [2.75, 3.05) is 7.11 Å². The van der Waals surface area contributed by atoms with Crippen molar-refractivity contribution in [3.05, 3.63) is 118 Å². The van der Waals surface area contributed by atoms with Gasteiger partial charge < -0.3 is 9.84 Å². The van der Waals surface area contributed by atoms with Crippen LogP contribution in [0.2, 0.25) is 0 Å². The van der Waals surface area contributed by atoms with Gasteiger partial charge in [0.15, 0.2) is 11.2 Å². The van der Waals surface area contributed by atoms with Gasteiger partial charge in [-0.3, -0.25) is 0 Å². The van der Waals surface area contributed by atoms with Crippen LogP contribution in [0.5, 0.6) is 0 Å². The summed E-state index contributed by atoms with van der Waals surface area (Å²) in [5.41, 5.74) is 3.59. The Labute approximate surface area is 171 Å². The average Bonchev–Trinajstić information content (AvgIpc) is 2.97. The summed E-state index contributed by atoms with van der Waals surface area (Å²) in [6.45, 7) is 4.13. The Morgan fingerprint density at radius 1 is 0.655 bits per heavy atom. The van der Waals surface area contributed by atoms with Gasteiger partial charge in [-0.15, -0.1) is 0 Å². The summed E-state index contributed by atoms with van der Waals surface area (Å²) in [7, 11) is 1.70. The first-order valence-electron chi connectivity index (χ1n) is 9.97. The van der Waals surface area contributed by atoms with Gasteiger partial charge in [0.25, 0.3) is 0 Å². The minimum absolute atomic E-state index is 0.828. The van der Waals surface area contributed by atoms with E-state index >= 15 is 0 Å². The van der Waals surface area contributed by atoms with Crippen molar-refractivity contribution in [1.29, 1.82) is 0 Å². The molecular weight excluding hydrogens is 356 g/mol. The SMILES string of the molecule is COC1(c2ccc(C)cc2)c2cccc3cccc(c23)C1(O)c1ccc(C)cc1. The molecule has 0 spiro atoms. The van der Waals surface area contributed by atoms with Crippen LogP contribution >= 0.6 is 0 Å². The zero-order valence-corrected chi connectivity index (χ0v) is 16.9. The van der Waals surface area contributed by atoms with Crippen LogP contribution in [0.3, 0.4) is 0 Å². The fourth-order valence-corrected chi connectivity index (χ4v) is 5.00. The predicted octanol–water partition coefficient (Wildman–Crippen LogP) is 5.60. The van der Waals surface area contributed by atoms with Crippen LogP contribution in [0.15, 0.2) is 84.9 Å². The molecule has 0 saturated heterocycles. The first-order chi connectivity index (χ1) is 14.0. The molecule has 5 rings (SSSR count). The number of methoxy groups -OCH3 is 1. The average molecular weight is 380 g/mol. The monoisotopic (exact) mass is 380 g/mol. The molecule has 0 radical (unpaired) electrons. The number of hydrogen-bond donors (Lipinski definition) is 1. The third kappa shape index (κ3) is 2.24. The molecular formula is C27H24O2. The molecule has 0 saturated carbocycles. The summed E-state index contributed by atoms with van der Waals surface area (Å²) in [6, 6.07) is 28.8. The van der Waals surface area contributed by atoms with Gasteiger partial charge >= 0.3 is 0 Å². The second-order valence-corrected chi connectivity index (χ2v) is 8.04. The molecule has 2 nitrogen and oxygen atoms in total. The summed E-state index contributed by atoms with van der Waals surface area (Å²) in [6.07, 6.45) is 0. The summed E-state index contributed by atoms with van der Waals surface area (Å²) in [5, 5.41) is 14.8. The zero-order chi connectivity index (χ0) is 20.2. The van der Waals surface area contributed by atoms with E-state index in [0.29, 0.717) is 0 Å². The highest BCUT2D eigenvalue weighted by atomic mass is 16.5. The third-order valence-electron chi connectivity index (χ3n) is 6.42. The molecule has 0 aliphatic heterocycles. The molecule has 0 amide bonds. The van der Waals surface area contributed by atoms with Crippen molar-refractivity contribution in [2.24, 2.45) is 0 Å². The summed E-state index contributed by atoms with van der Waals surface area (Å²) < 4.78 is 6.35. The number of aliphatic hydroxyl groups is 1. The normalized spacial score (nSPS) is 22.9. The van der Waals surface area contributed by atoms with Gasteiger partial charge in [-0.05, 0) is 41.3 Å². The maximum Gasteiger partial charge on any atom is 0.155 e. The number of rotatable bonds is 3. The van der Waals surface area contributed by atoms with E-state index in [1.807, 2.05) is 42.5 Å². The Morgan fingerprint density at radius 2 is 1.17 bits per heavy atom. The minimum Gasteiger partial charge on any atom is -0.377 e. The van der Waals surface area contributed by atoms with Crippen molar-refractivity contribution < 1.29 is 9.84 Å². The van der Waals surface area contributed by atoms with Crippen molar-refractivity contribution in [3.63, 3.8) is 0 Å². The van der Waals surface area contributed by atoms with Crippen LogP contribution < -0.4 is 0 Å². The number of aryl methyl sites for hydroxylation is 2. The Bertz CT molecular complexity index is 1200. The van der Waals surface area contributed by atoms with Gasteiger partial charge in [0.2, 0.25) is 0 Å². The smallest absolute Gasteiger partial charge is 0.155 e. The standard InChI is InChI=1S/C27H24O2/c1-18-10-14-21(15-11-18)26(28)23-8-4-6-20-7-5-9-24(25(20)23)27(26,29-3)22-16-12-19(2)13-17-22/h4-17,28H,1-3H3. The molecule has 0 heterocycles. The van der Waals surface area contributed by atoms with Crippen molar-refractivity contribution in [2.45, 2.75) is 25.0 Å². The molecule has 1 aliphatic carbocycles. The van der Waals surface area contributed by atoms with Crippen LogP contribution in [0, 0.1) is 13.8 Å². The van der Waals surface area contributed by atoms with Gasteiger partial charge in [-0.25, -0.2) is 0 Å². The third-order valence-corrected chi connectivity index (χ3v) is 6.42. The second kappa shape index (κ2) is 6.28. The van der Waals surface area contributed by atoms with Gasteiger partial charge in [-0.1, -0.05) is 96.1 Å². The van der Waals surface area contributed by atoms with Crippen LogP contribution in [0.25, 0.3) is 10.8 Å². The van der Waals surface area contributed by atoms with E-state index in [9.17, 15) is 5.11 Å². The van der Waals surface area contributed by atoms with E-state index in [1.54, 1.807) is 7.11 Å². The van der Waals surface area contributed by atoms with Gasteiger partial charge in [0, 0.05) is 12.7 Å². The molecule has 4 aromatic carbocycles. The van der Waals surface area contributed by atoms with E-state index < -0.39 is 11.2 Å². The molecule has 2 atom stereocenters. The van der Waals surface area contributed by atoms with Crippen LogP contribution in [0.4, 0.5) is 0 Å². The molecule has 4 aromatic rings. The lowest BCUT2D eigenvalue weighted by Crippen LogP contribution is -2.49. The van der Waals surface area contributed by atoms with Crippen molar-refractivity contribution >= 4 is 10.8 Å². The lowest BCUT2D eigenvalue weighted by atomic mass is 9.71. The van der Waals surface area contributed by atoms with Crippen LogP contribution in [0.1, 0.15) is 33.4 Å². The van der Waals surface area contributed by atoms with Gasteiger partial charge in [0.1, 0.15) is 0 Å². The first-order valence-corrected chi connectivity index (χ1v) is 9.97. The fraction of sp³-hybridized carbons (Fsp3) is 0.185. The minimum atomic E-state index is -1.35. The maximum absolute atomic E-state index is 12.6. The molecule has 0 bridgehead atoms. The van der Waals surface area contributed by atoms with Gasteiger partial charge in [-0.2, -0.15) is 0 Å². The molecule has 144 valence electrons. The van der Waals surface area contributed by atoms with E-state index in [0.717, 1.165) is 38.6 Å². The molecule has 2 unspecified atom stereocenters. The Kier molecular flexibility index (Phi) is 3.92. The Morgan fingerprint density at radius 3 is 1.72 bits per heavy atom. The Balaban J connectivity index is 1.94. The van der Waals surface area contributed by atoms with E-state index in [4.69, 9.17) is 4.74 Å². The van der Waals surface area contributed by atoms with Gasteiger partial charge in [0.05, 0.1) is 0 Å². The highest BCUT2D eigenvalue weighted by molar-refractivity contribution is 5.95. The highest BCUT2D eigenvalue weighted by Crippen LogP contribution is 2.59. The predicted molar refractivity (Wildman–Crippen MR) is 117 cm³/mol. The topological polar surface area (TPSA) is 29.5 Å². The zero-order valence-electron chi connectivity index (χ0n) is 16.9. The quantitative estimate of drug-likeness (QED) is 0.502. The molecule has 0 fully saturated rings. The lowest BCUT2D eigenvalue weighted by molar-refractivity contribution is -0.127. The second-order valence-electron chi connectivity index (χ2n) is 8.04. The van der Waals surface area contributed by atoms with E-state index in [2.05, 4.69) is 56.3 Å². The fourth-order valence-electron chi connectivity index (χ4n) is 5.00. The Hall–Kier alpha value is -2.94. The highest BCUT2D eigenvalue weighted by Gasteiger charge is 2.61. The number of hydrogen-bond acceptors (Lipinski definition) is 2. The van der Waals surface area contributed by atoms with Crippen molar-refractivity contribution in [3.8, 4) is 0 Å². The van der Waals surface area contributed by atoms with Crippen LogP contribution in [-0.2, 0) is 15.9 Å². The molecule has 2 heteroatoms. The summed E-state index contributed by atoms with van der Waals surface area (Å²) in [5.74, 6) is 0. The number of benzene rings is 4. The summed E-state index contributed by atoms with van der Waals surface area (Å²) in [4.78, 5) is 0. The lowest BCUT2D eigenvalue weighted by Gasteiger charge is -2.43. The van der Waals surface area contributed by atoms with Crippen molar-refractivity contribution in [1.82, 2.24) is 0 Å². The molecule has 29 heavy (non-hydrogen) atoms. The first kappa shape index (κ1) is 18.1. The van der Waals surface area contributed by atoms with E-state index in [1.165, 1.54) is 5.56 Å². The van der Waals surface area contributed by atoms with E-state index in [-0.39, 0.29) is 0 Å².